The summed E-state index contributed by atoms with van der Waals surface area (Å²) in [7, 11) is 0. The second-order valence-electron chi connectivity index (χ2n) is 5.44. The molecule has 0 aliphatic carbocycles. The number of nitrogens with one attached hydrogen (secondary N) is 1. The van der Waals surface area contributed by atoms with E-state index in [-0.39, 0.29) is 36.4 Å². The Morgan fingerprint density at radius 2 is 1.57 bits per heavy atom. The molecule has 1 N–H and O–H groups in total. The lowest BCUT2D eigenvalue weighted by molar-refractivity contribution is -0.138. The Labute approximate surface area is 134 Å². The van der Waals surface area contributed by atoms with Crippen LogP contribution in [0.5, 0.6) is 0 Å². The van der Waals surface area contributed by atoms with E-state index < -0.39 is 0 Å². The fourth-order valence-electron chi connectivity index (χ4n) is 2.41. The van der Waals surface area contributed by atoms with Crippen LogP contribution in [0.2, 0.25) is 0 Å². The summed E-state index contributed by atoms with van der Waals surface area (Å²) in [6.07, 6.45) is 0.191. The number of benzene rings is 1. The molecule has 1 aromatic carbocycles. The van der Waals surface area contributed by atoms with Gasteiger partial charge in [0.25, 0.3) is 0 Å². The SMILES string of the molecule is CC(=O)N1CCN(C(=O)CCC(=O)Nc2ccc(F)cc2)CC1. The first-order valence-corrected chi connectivity index (χ1v) is 7.54. The highest BCUT2D eigenvalue weighted by Gasteiger charge is 2.22. The molecule has 0 radical (unpaired) electrons. The van der Waals surface area contributed by atoms with Crippen molar-refractivity contribution in [1.29, 1.82) is 0 Å². The topological polar surface area (TPSA) is 69.7 Å². The first kappa shape index (κ1) is 16.9. The van der Waals surface area contributed by atoms with Gasteiger partial charge in [-0.15, -0.1) is 0 Å². The van der Waals surface area contributed by atoms with Crippen LogP contribution in [0.4, 0.5) is 10.1 Å². The van der Waals surface area contributed by atoms with Crippen molar-refractivity contribution in [3.8, 4) is 0 Å². The Kier molecular flexibility index (Phi) is 5.67. The van der Waals surface area contributed by atoms with Crippen LogP contribution >= 0.6 is 0 Å². The Morgan fingerprint density at radius 1 is 1.00 bits per heavy atom. The van der Waals surface area contributed by atoms with Gasteiger partial charge < -0.3 is 15.1 Å². The van der Waals surface area contributed by atoms with Gasteiger partial charge in [-0.1, -0.05) is 0 Å². The zero-order valence-corrected chi connectivity index (χ0v) is 13.0. The molecule has 0 spiro atoms. The third-order valence-corrected chi connectivity index (χ3v) is 3.77. The summed E-state index contributed by atoms with van der Waals surface area (Å²) in [5, 5.41) is 2.62. The lowest BCUT2D eigenvalue weighted by atomic mass is 10.2. The second-order valence-corrected chi connectivity index (χ2v) is 5.44. The molecule has 1 heterocycles. The van der Waals surface area contributed by atoms with Crippen molar-refractivity contribution in [3.05, 3.63) is 30.1 Å². The number of hydrogen-bond acceptors (Lipinski definition) is 3. The number of carbonyl (C=O) groups excluding carboxylic acids is 3. The molecule has 0 bridgehead atoms. The van der Waals surface area contributed by atoms with Crippen LogP contribution in [0.3, 0.4) is 0 Å². The summed E-state index contributed by atoms with van der Waals surface area (Å²) < 4.78 is 12.8. The lowest BCUT2D eigenvalue weighted by Crippen LogP contribution is -2.50. The van der Waals surface area contributed by atoms with Crippen LogP contribution in [-0.4, -0.2) is 53.7 Å². The zero-order valence-electron chi connectivity index (χ0n) is 13.0. The number of carbonyl (C=O) groups is 3. The number of piperazine rings is 1. The van der Waals surface area contributed by atoms with Crippen LogP contribution in [0, 0.1) is 5.82 Å². The molecule has 124 valence electrons. The van der Waals surface area contributed by atoms with Gasteiger partial charge >= 0.3 is 0 Å². The van der Waals surface area contributed by atoms with E-state index in [1.807, 2.05) is 0 Å². The molecule has 1 aromatic rings. The fraction of sp³-hybridized carbons (Fsp3) is 0.438. The molecular formula is C16H20FN3O3. The monoisotopic (exact) mass is 321 g/mol. The van der Waals surface area contributed by atoms with Crippen molar-refractivity contribution in [3.63, 3.8) is 0 Å². The van der Waals surface area contributed by atoms with E-state index in [9.17, 15) is 18.8 Å². The summed E-state index contributed by atoms with van der Waals surface area (Å²) in [5.41, 5.74) is 0.499. The third-order valence-electron chi connectivity index (χ3n) is 3.77. The van der Waals surface area contributed by atoms with Crippen LogP contribution in [-0.2, 0) is 14.4 Å². The molecule has 2 rings (SSSR count). The maximum absolute atomic E-state index is 12.8. The molecule has 0 saturated carbocycles. The minimum Gasteiger partial charge on any atom is -0.339 e. The predicted octanol–water partition coefficient (Wildman–Crippen LogP) is 1.24. The molecule has 23 heavy (non-hydrogen) atoms. The van der Waals surface area contributed by atoms with Crippen molar-refractivity contribution in [2.45, 2.75) is 19.8 Å². The number of anilines is 1. The zero-order chi connectivity index (χ0) is 16.8. The second kappa shape index (κ2) is 7.71. The highest BCUT2D eigenvalue weighted by molar-refractivity contribution is 5.93. The molecule has 0 unspecified atom stereocenters. The van der Waals surface area contributed by atoms with E-state index in [0.717, 1.165) is 0 Å². The summed E-state index contributed by atoms with van der Waals surface area (Å²) >= 11 is 0. The van der Waals surface area contributed by atoms with Crippen molar-refractivity contribution in [2.24, 2.45) is 0 Å². The van der Waals surface area contributed by atoms with Crippen molar-refractivity contribution < 1.29 is 18.8 Å². The van der Waals surface area contributed by atoms with E-state index >= 15 is 0 Å². The van der Waals surface area contributed by atoms with Crippen LogP contribution in [0.15, 0.2) is 24.3 Å². The van der Waals surface area contributed by atoms with Crippen molar-refractivity contribution in [2.75, 3.05) is 31.5 Å². The molecule has 3 amide bonds. The molecule has 1 aliphatic rings. The van der Waals surface area contributed by atoms with Crippen LogP contribution < -0.4 is 5.32 Å². The average molecular weight is 321 g/mol. The number of amides is 3. The smallest absolute Gasteiger partial charge is 0.224 e. The van der Waals surface area contributed by atoms with Crippen LogP contribution in [0.25, 0.3) is 0 Å². The molecule has 7 heteroatoms. The Bertz CT molecular complexity index is 581. The maximum atomic E-state index is 12.8. The standard InChI is InChI=1S/C16H20FN3O3/c1-12(21)19-8-10-20(11-9-19)16(23)7-6-15(22)18-14-4-2-13(17)3-5-14/h2-5H,6-11H2,1H3,(H,18,22). The van der Waals surface area contributed by atoms with E-state index in [1.54, 1.807) is 9.80 Å². The van der Waals surface area contributed by atoms with Gasteiger partial charge in [0.2, 0.25) is 17.7 Å². The van der Waals surface area contributed by atoms with Gasteiger partial charge in [-0.3, -0.25) is 14.4 Å². The number of nitrogens with zero attached hydrogens (tertiary/aromatic N) is 2. The van der Waals surface area contributed by atoms with Gasteiger partial charge in [-0.05, 0) is 24.3 Å². The summed E-state index contributed by atoms with van der Waals surface area (Å²) in [5.74, 6) is -0.742. The highest BCUT2D eigenvalue weighted by Crippen LogP contribution is 2.10. The molecular weight excluding hydrogens is 301 g/mol. The molecule has 6 nitrogen and oxygen atoms in total. The first-order valence-electron chi connectivity index (χ1n) is 7.54. The minimum absolute atomic E-state index is 0.00998. The number of hydrogen-bond donors (Lipinski definition) is 1. The maximum Gasteiger partial charge on any atom is 0.224 e. The molecule has 1 aliphatic heterocycles. The van der Waals surface area contributed by atoms with Gasteiger partial charge in [0.15, 0.2) is 0 Å². The van der Waals surface area contributed by atoms with Gasteiger partial charge in [0.05, 0.1) is 0 Å². The van der Waals surface area contributed by atoms with E-state index in [0.29, 0.717) is 31.9 Å². The van der Waals surface area contributed by atoms with E-state index in [1.165, 1.54) is 31.2 Å². The summed E-state index contributed by atoms with van der Waals surface area (Å²) in [6, 6.07) is 5.45. The molecule has 1 saturated heterocycles. The molecule has 0 aromatic heterocycles. The Balaban J connectivity index is 1.73. The van der Waals surface area contributed by atoms with Gasteiger partial charge in [-0.25, -0.2) is 4.39 Å². The van der Waals surface area contributed by atoms with Crippen LogP contribution in [0.1, 0.15) is 19.8 Å². The summed E-state index contributed by atoms with van der Waals surface area (Å²) in [4.78, 5) is 38.5. The van der Waals surface area contributed by atoms with E-state index in [4.69, 9.17) is 0 Å². The highest BCUT2D eigenvalue weighted by atomic mass is 19.1. The minimum atomic E-state index is -0.372. The summed E-state index contributed by atoms with van der Waals surface area (Å²) in [6.45, 7) is 3.57. The quantitative estimate of drug-likeness (QED) is 0.907. The molecule has 1 fully saturated rings. The van der Waals surface area contributed by atoms with Gasteiger partial charge in [0, 0.05) is 51.6 Å². The van der Waals surface area contributed by atoms with Gasteiger partial charge in [-0.2, -0.15) is 0 Å². The fourth-order valence-corrected chi connectivity index (χ4v) is 2.41. The van der Waals surface area contributed by atoms with Gasteiger partial charge in [0.1, 0.15) is 5.82 Å². The first-order chi connectivity index (χ1) is 11.0. The predicted molar refractivity (Wildman–Crippen MR) is 83.1 cm³/mol. The molecule has 0 atom stereocenters. The van der Waals surface area contributed by atoms with Crippen molar-refractivity contribution >= 4 is 23.4 Å². The third kappa shape index (κ3) is 5.05. The average Bonchev–Trinajstić information content (AvgIpc) is 2.55. The Morgan fingerprint density at radius 3 is 2.13 bits per heavy atom. The van der Waals surface area contributed by atoms with Crippen molar-refractivity contribution in [1.82, 2.24) is 9.80 Å². The number of halogens is 1. The largest absolute Gasteiger partial charge is 0.339 e. The van der Waals surface area contributed by atoms with E-state index in [2.05, 4.69) is 5.32 Å². The Hall–Kier alpha value is -2.44. The lowest BCUT2D eigenvalue weighted by Gasteiger charge is -2.34. The normalized spacial score (nSPS) is 14.5. The number of rotatable bonds is 4.